The highest BCUT2D eigenvalue weighted by Gasteiger charge is 2.40. The molecule has 1 unspecified atom stereocenters. The van der Waals surface area contributed by atoms with Gasteiger partial charge in [0.15, 0.2) is 0 Å². The molecule has 0 saturated carbocycles. The van der Waals surface area contributed by atoms with E-state index in [1.54, 1.807) is 6.07 Å². The van der Waals surface area contributed by atoms with E-state index in [1.165, 1.54) is 18.4 Å². The van der Waals surface area contributed by atoms with Crippen LogP contribution in [0.15, 0.2) is 15.9 Å². The molecule has 1 fully saturated rings. The fourth-order valence-corrected chi connectivity index (χ4v) is 4.62. The number of halogens is 1. The van der Waals surface area contributed by atoms with E-state index in [-0.39, 0.29) is 6.42 Å². The van der Waals surface area contributed by atoms with Gasteiger partial charge >= 0.3 is 5.97 Å². The van der Waals surface area contributed by atoms with Crippen LogP contribution in [0.25, 0.3) is 0 Å². The van der Waals surface area contributed by atoms with Gasteiger partial charge in [0.05, 0.1) is 9.83 Å². The first kappa shape index (κ1) is 13.9. The molecule has 1 aliphatic heterocycles. The van der Waals surface area contributed by atoms with Gasteiger partial charge in [-0.15, -0.1) is 11.3 Å². The fourth-order valence-electron chi connectivity index (χ4n) is 1.80. The molecule has 0 aromatic carbocycles. The maximum absolute atomic E-state index is 11.8. The number of carboxylic acids is 1. The fraction of sp³-hybridized carbons (Fsp3) is 0.444. The van der Waals surface area contributed by atoms with Gasteiger partial charge in [0, 0.05) is 11.9 Å². The molecule has 2 heterocycles. The summed E-state index contributed by atoms with van der Waals surface area (Å²) in [5, 5.41) is 9.07. The topological polar surface area (TPSA) is 86.7 Å². The molecule has 1 saturated heterocycles. The summed E-state index contributed by atoms with van der Waals surface area (Å²) in [4.78, 5) is 11.9. The average molecular weight is 355 g/mol. The van der Waals surface area contributed by atoms with Crippen molar-refractivity contribution in [3.05, 3.63) is 20.8 Å². The zero-order chi connectivity index (χ0) is 13.5. The van der Waals surface area contributed by atoms with E-state index in [0.29, 0.717) is 0 Å². The molecule has 2 N–H and O–H groups in total. The Morgan fingerprint density at radius 2 is 2.28 bits per heavy atom. The standard InChI is InChI=1S/C9H11BrN2O4S2/c1-12-6(9(13)14)4-5(11-18(12,15)16)7-2-3-8(10)17-7/h2-3,5-6,11H,4H2,1H3,(H,13,14)/t5-,6?/m0/s1. The molecule has 1 aliphatic rings. The van der Waals surface area contributed by atoms with Crippen molar-refractivity contribution >= 4 is 43.4 Å². The Morgan fingerprint density at radius 1 is 1.61 bits per heavy atom. The first-order valence-corrected chi connectivity index (χ1v) is 8.09. The van der Waals surface area contributed by atoms with Gasteiger partial charge in [-0.1, -0.05) is 0 Å². The van der Waals surface area contributed by atoms with Crippen molar-refractivity contribution in [1.29, 1.82) is 0 Å². The molecule has 6 nitrogen and oxygen atoms in total. The summed E-state index contributed by atoms with van der Waals surface area (Å²) in [7, 11) is -2.48. The molecule has 0 aliphatic carbocycles. The number of aliphatic carboxylic acids is 1. The van der Waals surface area contributed by atoms with Crippen LogP contribution >= 0.6 is 27.3 Å². The molecule has 1 aromatic heterocycles. The highest BCUT2D eigenvalue weighted by atomic mass is 79.9. The van der Waals surface area contributed by atoms with Crippen LogP contribution < -0.4 is 4.72 Å². The van der Waals surface area contributed by atoms with E-state index >= 15 is 0 Å². The number of hydrogen-bond donors (Lipinski definition) is 2. The number of nitrogens with one attached hydrogen (secondary N) is 1. The normalized spacial score (nSPS) is 28.1. The van der Waals surface area contributed by atoms with Gasteiger partial charge in [-0.25, -0.2) is 0 Å². The first-order valence-electron chi connectivity index (χ1n) is 5.04. The number of thiophene rings is 1. The molecule has 9 heteroatoms. The lowest BCUT2D eigenvalue weighted by atomic mass is 10.1. The summed E-state index contributed by atoms with van der Waals surface area (Å²) in [6.45, 7) is 0. The predicted molar refractivity (Wildman–Crippen MR) is 70.6 cm³/mol. The second-order valence-electron chi connectivity index (χ2n) is 3.92. The summed E-state index contributed by atoms with van der Waals surface area (Å²) in [6.07, 6.45) is 0.206. The number of carboxylic acid groups (broad SMARTS) is 1. The quantitative estimate of drug-likeness (QED) is 0.834. The lowest BCUT2D eigenvalue weighted by Gasteiger charge is -2.34. The molecule has 0 radical (unpaired) electrons. The molecular weight excluding hydrogens is 344 g/mol. The SMILES string of the molecule is CN1C(C(=O)O)C[C@@H](c2ccc(Br)s2)NS1(=O)=O. The number of nitrogens with zero attached hydrogens (tertiary/aromatic N) is 1. The van der Waals surface area contributed by atoms with Crippen molar-refractivity contribution in [2.75, 3.05) is 7.05 Å². The lowest BCUT2D eigenvalue weighted by Crippen LogP contribution is -2.54. The predicted octanol–water partition coefficient (Wildman–Crippen LogP) is 1.17. The maximum atomic E-state index is 11.8. The number of hydrogen-bond acceptors (Lipinski definition) is 4. The van der Waals surface area contributed by atoms with E-state index in [9.17, 15) is 13.2 Å². The van der Waals surface area contributed by atoms with E-state index in [2.05, 4.69) is 20.7 Å². The first-order chi connectivity index (χ1) is 8.31. The zero-order valence-corrected chi connectivity index (χ0v) is 12.5. The minimum atomic E-state index is -3.75. The Labute approximate surface area is 117 Å². The van der Waals surface area contributed by atoms with Crippen LogP contribution in [0.4, 0.5) is 0 Å². The highest BCUT2D eigenvalue weighted by molar-refractivity contribution is 9.11. The van der Waals surface area contributed by atoms with Gasteiger partial charge in [-0.3, -0.25) is 4.79 Å². The highest BCUT2D eigenvalue weighted by Crippen LogP contribution is 2.33. The van der Waals surface area contributed by atoms with Crippen molar-refractivity contribution in [2.45, 2.75) is 18.5 Å². The number of rotatable bonds is 2. The monoisotopic (exact) mass is 354 g/mol. The summed E-state index contributed by atoms with van der Waals surface area (Å²) >= 11 is 4.69. The average Bonchev–Trinajstić information content (AvgIpc) is 2.68. The van der Waals surface area contributed by atoms with Crippen LogP contribution in [-0.2, 0) is 15.0 Å². The van der Waals surface area contributed by atoms with Gasteiger partial charge in [-0.05, 0) is 34.5 Å². The van der Waals surface area contributed by atoms with E-state index in [1.807, 2.05) is 6.07 Å². The Morgan fingerprint density at radius 3 is 2.78 bits per heavy atom. The van der Waals surface area contributed by atoms with E-state index in [0.717, 1.165) is 13.0 Å². The Kier molecular flexibility index (Phi) is 3.79. The Hall–Kier alpha value is -0.480. The van der Waals surface area contributed by atoms with E-state index < -0.39 is 28.3 Å². The van der Waals surface area contributed by atoms with Crippen LogP contribution in [0.1, 0.15) is 17.3 Å². The molecule has 0 spiro atoms. The smallest absolute Gasteiger partial charge is 0.322 e. The van der Waals surface area contributed by atoms with Crippen molar-refractivity contribution in [2.24, 2.45) is 0 Å². The van der Waals surface area contributed by atoms with Crippen LogP contribution in [0.3, 0.4) is 0 Å². The third kappa shape index (κ3) is 2.59. The van der Waals surface area contributed by atoms with Crippen molar-refractivity contribution in [3.8, 4) is 0 Å². The van der Waals surface area contributed by atoms with Crippen molar-refractivity contribution < 1.29 is 18.3 Å². The third-order valence-electron chi connectivity index (χ3n) is 2.79. The summed E-state index contributed by atoms with van der Waals surface area (Å²) in [5.41, 5.74) is 0. The van der Waals surface area contributed by atoms with Crippen LogP contribution in [0.5, 0.6) is 0 Å². The molecule has 2 atom stereocenters. The molecule has 18 heavy (non-hydrogen) atoms. The molecule has 2 rings (SSSR count). The van der Waals surface area contributed by atoms with E-state index in [4.69, 9.17) is 5.11 Å². The van der Waals surface area contributed by atoms with Crippen LogP contribution in [0, 0.1) is 0 Å². The zero-order valence-electron chi connectivity index (χ0n) is 9.33. The van der Waals surface area contributed by atoms with Crippen LogP contribution in [-0.4, -0.2) is 36.9 Å². The van der Waals surface area contributed by atoms with Gasteiger partial charge < -0.3 is 5.11 Å². The largest absolute Gasteiger partial charge is 0.480 e. The molecule has 0 amide bonds. The molecule has 100 valence electrons. The number of likely N-dealkylation sites (N-methyl/N-ethyl adjacent to an activating group) is 1. The second kappa shape index (κ2) is 4.89. The third-order valence-corrected chi connectivity index (χ3v) is 6.12. The Balaban J connectivity index is 2.33. The lowest BCUT2D eigenvalue weighted by molar-refractivity contribution is -0.141. The van der Waals surface area contributed by atoms with Crippen molar-refractivity contribution in [1.82, 2.24) is 9.03 Å². The minimum absolute atomic E-state index is 0.206. The van der Waals surface area contributed by atoms with Crippen molar-refractivity contribution in [3.63, 3.8) is 0 Å². The second-order valence-corrected chi connectivity index (χ2v) is 8.18. The Bertz CT molecular complexity index is 571. The summed E-state index contributed by atoms with van der Waals surface area (Å²) < 4.78 is 27.9. The van der Waals surface area contributed by atoms with Gasteiger partial charge in [0.1, 0.15) is 6.04 Å². The summed E-state index contributed by atoms with van der Waals surface area (Å²) in [6, 6.07) is 2.06. The number of carbonyl (C=O) groups is 1. The van der Waals surface area contributed by atoms with Gasteiger partial charge in [0.25, 0.3) is 10.2 Å². The minimum Gasteiger partial charge on any atom is -0.480 e. The van der Waals surface area contributed by atoms with Gasteiger partial charge in [0.2, 0.25) is 0 Å². The molecular formula is C9H11BrN2O4S2. The van der Waals surface area contributed by atoms with Crippen LogP contribution in [0.2, 0.25) is 0 Å². The molecule has 0 bridgehead atoms. The molecule has 1 aromatic rings. The summed E-state index contributed by atoms with van der Waals surface area (Å²) in [5.74, 6) is -1.14. The van der Waals surface area contributed by atoms with Gasteiger partial charge in [-0.2, -0.15) is 17.4 Å². The maximum Gasteiger partial charge on any atom is 0.322 e.